The number of anilines is 1. The third kappa shape index (κ3) is 2.82. The number of benzene rings is 2. The van der Waals surface area contributed by atoms with Gasteiger partial charge in [0.1, 0.15) is 0 Å². The van der Waals surface area contributed by atoms with E-state index >= 15 is 0 Å². The second-order valence-corrected chi connectivity index (χ2v) is 5.07. The van der Waals surface area contributed by atoms with Gasteiger partial charge < -0.3 is 10.5 Å². The number of nitrogens with two attached hydrogens (primary N) is 1. The lowest BCUT2D eigenvalue weighted by molar-refractivity contribution is 0.0602. The van der Waals surface area contributed by atoms with Gasteiger partial charge in [0.2, 0.25) is 0 Å². The van der Waals surface area contributed by atoms with Crippen LogP contribution in [-0.2, 0) is 4.74 Å². The van der Waals surface area contributed by atoms with Gasteiger partial charge in [-0.2, -0.15) is 0 Å². The van der Waals surface area contributed by atoms with Crippen LogP contribution in [0.5, 0.6) is 0 Å². The molecule has 0 saturated carbocycles. The fourth-order valence-corrected chi connectivity index (χ4v) is 2.10. The molecule has 3 heteroatoms. The Balaban J connectivity index is 2.48. The van der Waals surface area contributed by atoms with Crippen LogP contribution >= 0.6 is 0 Å². The van der Waals surface area contributed by atoms with Gasteiger partial charge in [0.15, 0.2) is 0 Å². The summed E-state index contributed by atoms with van der Waals surface area (Å²) < 4.78 is 4.75. The van der Waals surface area contributed by atoms with Crippen molar-refractivity contribution in [2.45, 2.75) is 19.8 Å². The van der Waals surface area contributed by atoms with Crippen LogP contribution in [0, 0.1) is 0 Å². The third-order valence-electron chi connectivity index (χ3n) is 3.35. The van der Waals surface area contributed by atoms with Crippen LogP contribution in [-0.4, -0.2) is 13.1 Å². The maximum atomic E-state index is 11.7. The van der Waals surface area contributed by atoms with Gasteiger partial charge in [0.25, 0.3) is 0 Å². The molecule has 0 heterocycles. The predicted molar refractivity (Wildman–Crippen MR) is 81.7 cm³/mol. The maximum Gasteiger partial charge on any atom is 0.339 e. The van der Waals surface area contributed by atoms with Crippen molar-refractivity contribution in [1.82, 2.24) is 0 Å². The number of methoxy groups -OCH3 is 1. The van der Waals surface area contributed by atoms with E-state index in [0.29, 0.717) is 17.2 Å². The molecule has 0 bridgehead atoms. The fraction of sp³-hybridized carbons (Fsp3) is 0.235. The van der Waals surface area contributed by atoms with E-state index in [9.17, 15) is 4.79 Å². The van der Waals surface area contributed by atoms with Crippen molar-refractivity contribution >= 4 is 11.7 Å². The molecule has 0 radical (unpaired) electrons. The zero-order valence-corrected chi connectivity index (χ0v) is 12.0. The minimum absolute atomic E-state index is 0.403. The summed E-state index contributed by atoms with van der Waals surface area (Å²) in [6, 6.07) is 13.7. The van der Waals surface area contributed by atoms with Gasteiger partial charge >= 0.3 is 5.97 Å². The van der Waals surface area contributed by atoms with Crippen LogP contribution in [0.4, 0.5) is 5.69 Å². The smallest absolute Gasteiger partial charge is 0.339 e. The van der Waals surface area contributed by atoms with Crippen LogP contribution in [0.25, 0.3) is 11.1 Å². The van der Waals surface area contributed by atoms with E-state index in [1.54, 1.807) is 12.1 Å². The Morgan fingerprint density at radius 3 is 2.45 bits per heavy atom. The second-order valence-electron chi connectivity index (χ2n) is 5.07. The van der Waals surface area contributed by atoms with Crippen molar-refractivity contribution in [3.05, 3.63) is 53.6 Å². The van der Waals surface area contributed by atoms with E-state index in [4.69, 9.17) is 10.5 Å². The van der Waals surface area contributed by atoms with E-state index in [1.165, 1.54) is 12.7 Å². The summed E-state index contributed by atoms with van der Waals surface area (Å²) in [5, 5.41) is 0. The van der Waals surface area contributed by atoms with Gasteiger partial charge in [0.05, 0.1) is 12.7 Å². The Bertz CT molecular complexity index is 633. The van der Waals surface area contributed by atoms with E-state index < -0.39 is 5.97 Å². The van der Waals surface area contributed by atoms with E-state index in [2.05, 4.69) is 26.0 Å². The van der Waals surface area contributed by atoms with Gasteiger partial charge in [-0.3, -0.25) is 0 Å². The van der Waals surface area contributed by atoms with E-state index in [1.807, 2.05) is 18.2 Å². The molecule has 104 valence electrons. The standard InChI is InChI=1S/C17H19NO2/c1-11(2)12-5-4-6-13(9-12)14-7-8-16(18)15(10-14)17(19)20-3/h4-11H,18H2,1-3H3. The number of hydrogen-bond donors (Lipinski definition) is 1. The van der Waals surface area contributed by atoms with Crippen molar-refractivity contribution in [3.8, 4) is 11.1 Å². The molecule has 2 aromatic rings. The molecule has 0 aromatic heterocycles. The van der Waals surface area contributed by atoms with Gasteiger partial charge in [-0.1, -0.05) is 44.2 Å². The summed E-state index contributed by atoms with van der Waals surface area (Å²) in [6.45, 7) is 4.31. The predicted octanol–water partition coefficient (Wildman–Crippen LogP) is 3.85. The lowest BCUT2D eigenvalue weighted by atomic mass is 9.96. The summed E-state index contributed by atoms with van der Waals surface area (Å²) >= 11 is 0. The molecule has 2 rings (SSSR count). The largest absolute Gasteiger partial charge is 0.465 e. The highest BCUT2D eigenvalue weighted by Crippen LogP contribution is 2.27. The van der Waals surface area contributed by atoms with Crippen LogP contribution in [0.3, 0.4) is 0 Å². The molecular formula is C17H19NO2. The van der Waals surface area contributed by atoms with Crippen molar-refractivity contribution in [2.75, 3.05) is 12.8 Å². The normalized spacial score (nSPS) is 10.6. The Hall–Kier alpha value is -2.29. The number of esters is 1. The first-order valence-electron chi connectivity index (χ1n) is 6.61. The molecule has 0 aliphatic heterocycles. The number of hydrogen-bond acceptors (Lipinski definition) is 3. The number of carbonyl (C=O) groups excluding carboxylic acids is 1. The van der Waals surface area contributed by atoms with E-state index in [0.717, 1.165) is 11.1 Å². The minimum Gasteiger partial charge on any atom is -0.465 e. The molecule has 0 atom stereocenters. The minimum atomic E-state index is -0.413. The monoisotopic (exact) mass is 269 g/mol. The Morgan fingerprint density at radius 1 is 1.10 bits per heavy atom. The molecule has 0 fully saturated rings. The topological polar surface area (TPSA) is 52.3 Å². The highest BCUT2D eigenvalue weighted by atomic mass is 16.5. The average Bonchev–Trinajstić information content (AvgIpc) is 2.47. The Morgan fingerprint density at radius 2 is 1.80 bits per heavy atom. The van der Waals surface area contributed by atoms with Gasteiger partial charge in [-0.15, -0.1) is 0 Å². The maximum absolute atomic E-state index is 11.7. The molecule has 20 heavy (non-hydrogen) atoms. The number of ether oxygens (including phenoxy) is 1. The first-order chi connectivity index (χ1) is 9.52. The number of carbonyl (C=O) groups is 1. The first kappa shape index (κ1) is 14.1. The van der Waals surface area contributed by atoms with Crippen molar-refractivity contribution in [2.24, 2.45) is 0 Å². The lowest BCUT2D eigenvalue weighted by Crippen LogP contribution is -2.05. The highest BCUT2D eigenvalue weighted by Gasteiger charge is 2.11. The Kier molecular flexibility index (Phi) is 4.08. The molecule has 0 amide bonds. The van der Waals surface area contributed by atoms with Crippen LogP contribution in [0.2, 0.25) is 0 Å². The summed E-state index contributed by atoms with van der Waals surface area (Å²) in [5.74, 6) is 0.0492. The highest BCUT2D eigenvalue weighted by molar-refractivity contribution is 5.96. The molecule has 0 unspecified atom stereocenters. The van der Waals surface area contributed by atoms with E-state index in [-0.39, 0.29) is 0 Å². The first-order valence-corrected chi connectivity index (χ1v) is 6.61. The van der Waals surface area contributed by atoms with Gasteiger partial charge in [0, 0.05) is 5.69 Å². The van der Waals surface area contributed by atoms with Crippen LogP contribution < -0.4 is 5.73 Å². The third-order valence-corrected chi connectivity index (χ3v) is 3.35. The second kappa shape index (κ2) is 5.78. The van der Waals surface area contributed by atoms with Crippen molar-refractivity contribution in [3.63, 3.8) is 0 Å². The molecule has 0 aliphatic rings. The average molecular weight is 269 g/mol. The lowest BCUT2D eigenvalue weighted by Gasteiger charge is -2.10. The van der Waals surface area contributed by atoms with Gasteiger partial charge in [-0.25, -0.2) is 4.79 Å². The summed E-state index contributed by atoms with van der Waals surface area (Å²) in [7, 11) is 1.35. The fourth-order valence-electron chi connectivity index (χ4n) is 2.10. The van der Waals surface area contributed by atoms with Crippen molar-refractivity contribution in [1.29, 1.82) is 0 Å². The zero-order chi connectivity index (χ0) is 14.7. The summed E-state index contributed by atoms with van der Waals surface area (Å²) in [4.78, 5) is 11.7. The van der Waals surface area contributed by atoms with Gasteiger partial charge in [-0.05, 0) is 34.7 Å². The molecule has 0 saturated heterocycles. The molecule has 0 aliphatic carbocycles. The summed E-state index contributed by atoms with van der Waals surface area (Å²) in [5.41, 5.74) is 9.95. The molecule has 2 aromatic carbocycles. The molecule has 2 N–H and O–H groups in total. The molecular weight excluding hydrogens is 250 g/mol. The summed E-state index contributed by atoms with van der Waals surface area (Å²) in [6.07, 6.45) is 0. The number of rotatable bonds is 3. The van der Waals surface area contributed by atoms with Crippen LogP contribution in [0.15, 0.2) is 42.5 Å². The quantitative estimate of drug-likeness (QED) is 0.680. The van der Waals surface area contributed by atoms with Crippen LogP contribution in [0.1, 0.15) is 35.7 Å². The zero-order valence-electron chi connectivity index (χ0n) is 12.0. The van der Waals surface area contributed by atoms with Crippen molar-refractivity contribution < 1.29 is 9.53 Å². The SMILES string of the molecule is COC(=O)c1cc(-c2cccc(C(C)C)c2)ccc1N. The molecule has 3 nitrogen and oxygen atoms in total. The number of nitrogen functional groups attached to an aromatic ring is 1. The molecule has 0 spiro atoms. The Labute approximate surface area is 119 Å².